The minimum Gasteiger partial charge on any atom is -0.481 e. The highest BCUT2D eigenvalue weighted by Gasteiger charge is 2.20. The summed E-state index contributed by atoms with van der Waals surface area (Å²) in [6, 6.07) is 13.2. The summed E-state index contributed by atoms with van der Waals surface area (Å²) in [5, 5.41) is 2.75. The van der Waals surface area contributed by atoms with Crippen LogP contribution in [0.25, 0.3) is 0 Å². The maximum atomic E-state index is 12.6. The van der Waals surface area contributed by atoms with Gasteiger partial charge in [0.15, 0.2) is 6.10 Å². The van der Waals surface area contributed by atoms with Crippen molar-refractivity contribution in [3.63, 3.8) is 0 Å². The van der Waals surface area contributed by atoms with Crippen LogP contribution < -0.4 is 19.5 Å². The fraction of sp³-hybridized carbons (Fsp3) is 0.227. The number of amides is 1. The van der Waals surface area contributed by atoms with E-state index in [9.17, 15) is 13.2 Å². The number of rotatable bonds is 9. The van der Waals surface area contributed by atoms with Crippen molar-refractivity contribution in [2.45, 2.75) is 31.3 Å². The second-order valence-corrected chi connectivity index (χ2v) is 8.55. The molecule has 9 nitrogen and oxygen atoms in total. The number of hydrogen-bond donors (Lipinski definition) is 2. The summed E-state index contributed by atoms with van der Waals surface area (Å²) >= 11 is 0. The fourth-order valence-electron chi connectivity index (χ4n) is 2.85. The monoisotopic (exact) mass is 456 g/mol. The van der Waals surface area contributed by atoms with E-state index in [1.807, 2.05) is 32.0 Å². The van der Waals surface area contributed by atoms with Crippen LogP contribution in [0.2, 0.25) is 0 Å². The second-order valence-electron chi connectivity index (χ2n) is 6.86. The lowest BCUT2D eigenvalue weighted by Gasteiger charge is -2.18. The van der Waals surface area contributed by atoms with Gasteiger partial charge in [0.2, 0.25) is 5.82 Å². The molecule has 0 aliphatic rings. The molecular weight excluding hydrogens is 432 g/mol. The Bertz CT molecular complexity index is 1180. The maximum absolute atomic E-state index is 12.6. The predicted molar refractivity (Wildman–Crippen MR) is 120 cm³/mol. The molecule has 3 rings (SSSR count). The molecule has 1 unspecified atom stereocenters. The zero-order valence-electron chi connectivity index (χ0n) is 17.9. The maximum Gasteiger partial charge on any atom is 0.265 e. The average molecular weight is 457 g/mol. The SMILES string of the molecule is CCC(Oc1cccc(C)c1)C(=O)Nc1ccc(S(=O)(=O)Nc2nccnc2OC)cc1. The molecule has 0 fully saturated rings. The van der Waals surface area contributed by atoms with Gasteiger partial charge in [-0.25, -0.2) is 18.4 Å². The first-order valence-electron chi connectivity index (χ1n) is 9.84. The normalized spacial score (nSPS) is 12.0. The summed E-state index contributed by atoms with van der Waals surface area (Å²) in [7, 11) is -2.56. The van der Waals surface area contributed by atoms with Crippen molar-refractivity contribution in [3.8, 4) is 11.6 Å². The third-order valence-electron chi connectivity index (χ3n) is 4.45. The number of aryl methyl sites for hydroxylation is 1. The van der Waals surface area contributed by atoms with Crippen molar-refractivity contribution in [3.05, 3.63) is 66.5 Å². The van der Waals surface area contributed by atoms with Gasteiger partial charge >= 0.3 is 0 Å². The van der Waals surface area contributed by atoms with E-state index in [1.54, 1.807) is 6.07 Å². The van der Waals surface area contributed by atoms with Gasteiger partial charge in [-0.3, -0.25) is 9.52 Å². The molecule has 0 radical (unpaired) electrons. The molecule has 0 spiro atoms. The average Bonchev–Trinajstić information content (AvgIpc) is 2.78. The Morgan fingerprint density at radius 1 is 1.09 bits per heavy atom. The quantitative estimate of drug-likeness (QED) is 0.506. The molecule has 10 heteroatoms. The molecule has 1 atom stereocenters. The van der Waals surface area contributed by atoms with Crippen LogP contribution in [-0.2, 0) is 14.8 Å². The first kappa shape index (κ1) is 23.0. The molecule has 3 aromatic rings. The number of carbonyl (C=O) groups is 1. The first-order chi connectivity index (χ1) is 15.3. The third kappa shape index (κ3) is 5.73. The topological polar surface area (TPSA) is 120 Å². The van der Waals surface area contributed by atoms with Gasteiger partial charge in [-0.1, -0.05) is 19.1 Å². The Labute approximate surface area is 186 Å². The fourth-order valence-corrected chi connectivity index (χ4v) is 3.85. The van der Waals surface area contributed by atoms with E-state index in [4.69, 9.17) is 9.47 Å². The van der Waals surface area contributed by atoms with Crippen LogP contribution in [-0.4, -0.2) is 37.5 Å². The summed E-state index contributed by atoms with van der Waals surface area (Å²) in [6.07, 6.45) is 2.52. The molecule has 0 aliphatic heterocycles. The van der Waals surface area contributed by atoms with Crippen LogP contribution >= 0.6 is 0 Å². The Balaban J connectivity index is 1.68. The molecule has 1 heterocycles. The number of hydrogen-bond acceptors (Lipinski definition) is 7. The van der Waals surface area contributed by atoms with E-state index in [0.29, 0.717) is 17.9 Å². The number of anilines is 2. The number of nitrogens with one attached hydrogen (secondary N) is 2. The molecule has 0 aliphatic carbocycles. The first-order valence-corrected chi connectivity index (χ1v) is 11.3. The number of aromatic nitrogens is 2. The van der Waals surface area contributed by atoms with E-state index >= 15 is 0 Å². The molecular formula is C22H24N4O5S. The number of ether oxygens (including phenoxy) is 2. The van der Waals surface area contributed by atoms with Crippen molar-refractivity contribution >= 4 is 27.4 Å². The van der Waals surface area contributed by atoms with Crippen LogP contribution in [0.1, 0.15) is 18.9 Å². The van der Waals surface area contributed by atoms with Crippen LogP contribution in [0, 0.1) is 6.92 Å². The predicted octanol–water partition coefficient (Wildman–Crippen LogP) is 3.39. The summed E-state index contributed by atoms with van der Waals surface area (Å²) in [5.41, 5.74) is 1.47. The largest absolute Gasteiger partial charge is 0.481 e. The number of methoxy groups -OCH3 is 1. The summed E-state index contributed by atoms with van der Waals surface area (Å²) in [5.74, 6) is 0.316. The highest BCUT2D eigenvalue weighted by atomic mass is 32.2. The lowest BCUT2D eigenvalue weighted by molar-refractivity contribution is -0.122. The van der Waals surface area contributed by atoms with Crippen molar-refractivity contribution in [1.29, 1.82) is 0 Å². The smallest absolute Gasteiger partial charge is 0.265 e. The number of sulfonamides is 1. The number of carbonyl (C=O) groups excluding carboxylic acids is 1. The third-order valence-corrected chi connectivity index (χ3v) is 5.81. The highest BCUT2D eigenvalue weighted by molar-refractivity contribution is 7.92. The molecule has 2 aromatic carbocycles. The number of nitrogens with zero attached hydrogens (tertiary/aromatic N) is 2. The molecule has 0 bridgehead atoms. The summed E-state index contributed by atoms with van der Waals surface area (Å²) in [4.78, 5) is 20.5. The number of benzene rings is 2. The Morgan fingerprint density at radius 2 is 1.81 bits per heavy atom. The van der Waals surface area contributed by atoms with Gasteiger partial charge in [0.1, 0.15) is 5.75 Å². The Kier molecular flexibility index (Phi) is 7.26. The molecule has 1 amide bonds. The van der Waals surface area contributed by atoms with Crippen molar-refractivity contribution in [2.24, 2.45) is 0 Å². The van der Waals surface area contributed by atoms with Crippen LogP contribution in [0.5, 0.6) is 11.6 Å². The van der Waals surface area contributed by atoms with Crippen LogP contribution in [0.3, 0.4) is 0 Å². The second kappa shape index (κ2) is 10.1. The van der Waals surface area contributed by atoms with E-state index in [0.717, 1.165) is 5.56 Å². The molecule has 2 N–H and O–H groups in total. The lowest BCUT2D eigenvalue weighted by Crippen LogP contribution is -2.32. The van der Waals surface area contributed by atoms with Crippen LogP contribution in [0.4, 0.5) is 11.5 Å². The van der Waals surface area contributed by atoms with Crippen molar-refractivity contribution < 1.29 is 22.7 Å². The van der Waals surface area contributed by atoms with Gasteiger partial charge in [0.05, 0.1) is 12.0 Å². The standard InChI is InChI=1S/C22H24N4O5S/c1-4-19(31-17-7-5-6-15(2)14-17)21(27)25-16-8-10-18(11-9-16)32(28,29)26-20-22(30-3)24-13-12-23-20/h5-14,19H,4H2,1-3H3,(H,23,26)(H,25,27). The van der Waals surface area contributed by atoms with Gasteiger partial charge in [-0.05, 0) is 55.3 Å². The van der Waals surface area contributed by atoms with Crippen molar-refractivity contribution in [2.75, 3.05) is 17.1 Å². The molecule has 32 heavy (non-hydrogen) atoms. The van der Waals surface area contributed by atoms with E-state index in [2.05, 4.69) is 20.0 Å². The van der Waals surface area contributed by atoms with E-state index in [1.165, 1.54) is 43.8 Å². The minimum atomic E-state index is -3.93. The van der Waals surface area contributed by atoms with E-state index < -0.39 is 16.1 Å². The summed E-state index contributed by atoms with van der Waals surface area (Å²) in [6.45, 7) is 3.79. The van der Waals surface area contributed by atoms with Gasteiger partial charge in [-0.2, -0.15) is 0 Å². The minimum absolute atomic E-state index is 0.00810. The highest BCUT2D eigenvalue weighted by Crippen LogP contribution is 2.22. The van der Waals surface area contributed by atoms with Gasteiger partial charge in [0, 0.05) is 18.1 Å². The zero-order chi connectivity index (χ0) is 23.1. The molecule has 168 valence electrons. The summed E-state index contributed by atoms with van der Waals surface area (Å²) < 4.78 is 38.4. The van der Waals surface area contributed by atoms with Crippen LogP contribution in [0.15, 0.2) is 65.8 Å². The van der Waals surface area contributed by atoms with Gasteiger partial charge in [-0.15, -0.1) is 0 Å². The Morgan fingerprint density at radius 3 is 2.47 bits per heavy atom. The molecule has 1 aromatic heterocycles. The molecule has 0 saturated heterocycles. The zero-order valence-corrected chi connectivity index (χ0v) is 18.7. The van der Waals surface area contributed by atoms with E-state index in [-0.39, 0.29) is 22.5 Å². The van der Waals surface area contributed by atoms with Gasteiger partial charge < -0.3 is 14.8 Å². The van der Waals surface area contributed by atoms with Crippen molar-refractivity contribution in [1.82, 2.24) is 9.97 Å². The Hall–Kier alpha value is -3.66. The molecule has 0 saturated carbocycles. The van der Waals surface area contributed by atoms with Gasteiger partial charge in [0.25, 0.3) is 21.8 Å². The lowest BCUT2D eigenvalue weighted by atomic mass is 10.2.